The molecular weight excluding hydrogens is 416 g/mol. The Kier molecular flexibility index (Phi) is 4.24. The summed E-state index contributed by atoms with van der Waals surface area (Å²) in [6.45, 7) is 0. The van der Waals surface area contributed by atoms with Crippen LogP contribution in [0.3, 0.4) is 0 Å². The van der Waals surface area contributed by atoms with E-state index in [0.717, 1.165) is 30.7 Å². The lowest BCUT2D eigenvalue weighted by molar-refractivity contribution is 0.104. The van der Waals surface area contributed by atoms with Crippen LogP contribution < -0.4 is 4.74 Å². The third-order valence-electron chi connectivity index (χ3n) is 3.10. The number of ether oxygens (including phenoxy) is 1. The normalized spacial score (nSPS) is 15.4. The smallest absolute Gasteiger partial charge is 0.200 e. The van der Waals surface area contributed by atoms with Crippen molar-refractivity contribution in [1.29, 1.82) is 0 Å². The van der Waals surface area contributed by atoms with Gasteiger partial charge < -0.3 is 4.74 Å². The van der Waals surface area contributed by atoms with Gasteiger partial charge in [0.2, 0.25) is 5.78 Å². The second-order valence-corrected chi connectivity index (χ2v) is 7.30. The molecule has 2 aromatic carbocycles. The number of thioether (sulfide) groups is 1. The van der Waals surface area contributed by atoms with E-state index in [2.05, 4.69) is 31.9 Å². The Labute approximate surface area is 143 Å². The molecule has 0 bridgehead atoms. The zero-order chi connectivity index (χ0) is 15.0. The molecule has 0 fully saturated rings. The van der Waals surface area contributed by atoms with Crippen molar-refractivity contribution in [2.75, 3.05) is 7.11 Å². The summed E-state index contributed by atoms with van der Waals surface area (Å²) in [6.07, 6.45) is 1.88. The highest BCUT2D eigenvalue weighted by Crippen LogP contribution is 2.42. The van der Waals surface area contributed by atoms with E-state index in [0.29, 0.717) is 4.91 Å². The predicted octanol–water partition coefficient (Wildman–Crippen LogP) is 5.55. The lowest BCUT2D eigenvalue weighted by Gasteiger charge is -2.08. The number of halogens is 2. The number of hydrogen-bond donors (Lipinski definition) is 0. The number of fused-ring (bicyclic) bond motifs is 1. The van der Waals surface area contributed by atoms with Crippen LogP contribution >= 0.6 is 43.6 Å². The number of benzene rings is 2. The van der Waals surface area contributed by atoms with Crippen LogP contribution in [0.5, 0.6) is 5.75 Å². The highest BCUT2D eigenvalue weighted by molar-refractivity contribution is 9.11. The van der Waals surface area contributed by atoms with E-state index in [1.54, 1.807) is 7.11 Å². The summed E-state index contributed by atoms with van der Waals surface area (Å²) < 4.78 is 7.19. The second kappa shape index (κ2) is 5.99. The summed E-state index contributed by atoms with van der Waals surface area (Å²) in [6, 6.07) is 11.5. The highest BCUT2D eigenvalue weighted by atomic mass is 79.9. The third kappa shape index (κ3) is 2.82. The van der Waals surface area contributed by atoms with E-state index in [4.69, 9.17) is 4.74 Å². The number of carbonyl (C=O) groups is 1. The maximum Gasteiger partial charge on any atom is 0.200 e. The van der Waals surface area contributed by atoms with E-state index >= 15 is 0 Å². The topological polar surface area (TPSA) is 26.3 Å². The van der Waals surface area contributed by atoms with Crippen molar-refractivity contribution in [3.8, 4) is 5.75 Å². The molecule has 5 heteroatoms. The molecule has 0 radical (unpaired) electrons. The van der Waals surface area contributed by atoms with E-state index in [-0.39, 0.29) is 5.78 Å². The first-order chi connectivity index (χ1) is 10.1. The number of Topliss-reactive ketones (excluding diaryl/α,β-unsaturated/α-hetero) is 1. The minimum Gasteiger partial charge on any atom is -0.495 e. The lowest BCUT2D eigenvalue weighted by Crippen LogP contribution is -1.95. The van der Waals surface area contributed by atoms with E-state index in [1.807, 2.05) is 42.5 Å². The van der Waals surface area contributed by atoms with E-state index < -0.39 is 0 Å². The molecule has 0 unspecified atom stereocenters. The second-order valence-electron chi connectivity index (χ2n) is 4.45. The molecule has 2 aromatic rings. The molecule has 1 heterocycles. The van der Waals surface area contributed by atoms with Crippen LogP contribution in [0.15, 0.2) is 55.1 Å². The molecule has 0 aromatic heterocycles. The van der Waals surface area contributed by atoms with Gasteiger partial charge in [0, 0.05) is 20.5 Å². The average molecular weight is 426 g/mol. The fourth-order valence-electron chi connectivity index (χ4n) is 2.18. The SMILES string of the molecule is COc1c(Br)cc(Br)cc1/C=C1/Sc2ccccc2C1=O. The molecule has 0 atom stereocenters. The summed E-state index contributed by atoms with van der Waals surface area (Å²) in [7, 11) is 1.62. The molecule has 2 nitrogen and oxygen atoms in total. The van der Waals surface area contributed by atoms with Gasteiger partial charge in [-0.2, -0.15) is 0 Å². The third-order valence-corrected chi connectivity index (χ3v) is 5.25. The Hall–Kier alpha value is -1.04. The summed E-state index contributed by atoms with van der Waals surface area (Å²) in [5.41, 5.74) is 1.63. The largest absolute Gasteiger partial charge is 0.495 e. The molecule has 0 spiro atoms. The Morgan fingerprint density at radius 1 is 1.19 bits per heavy atom. The zero-order valence-corrected chi connectivity index (χ0v) is 15.0. The van der Waals surface area contributed by atoms with Gasteiger partial charge in [0.05, 0.1) is 16.5 Å². The van der Waals surface area contributed by atoms with Gasteiger partial charge in [-0.15, -0.1) is 0 Å². The van der Waals surface area contributed by atoms with Crippen molar-refractivity contribution in [2.24, 2.45) is 0 Å². The van der Waals surface area contributed by atoms with Crippen LogP contribution in [0.25, 0.3) is 6.08 Å². The van der Waals surface area contributed by atoms with Crippen LogP contribution in [0.2, 0.25) is 0 Å². The van der Waals surface area contributed by atoms with Crippen LogP contribution in [-0.4, -0.2) is 12.9 Å². The highest BCUT2D eigenvalue weighted by Gasteiger charge is 2.25. The van der Waals surface area contributed by atoms with Gasteiger partial charge in [0.25, 0.3) is 0 Å². The van der Waals surface area contributed by atoms with Gasteiger partial charge in [-0.05, 0) is 46.3 Å². The van der Waals surface area contributed by atoms with Crippen molar-refractivity contribution < 1.29 is 9.53 Å². The van der Waals surface area contributed by atoms with Crippen molar-refractivity contribution in [2.45, 2.75) is 4.90 Å². The van der Waals surface area contributed by atoms with Crippen molar-refractivity contribution in [3.63, 3.8) is 0 Å². The van der Waals surface area contributed by atoms with Crippen LogP contribution in [0.4, 0.5) is 0 Å². The summed E-state index contributed by atoms with van der Waals surface area (Å²) in [5.74, 6) is 0.781. The fraction of sp³-hybridized carbons (Fsp3) is 0.0625. The Balaban J connectivity index is 2.07. The fourth-order valence-corrected chi connectivity index (χ4v) is 4.64. The number of ketones is 1. The van der Waals surface area contributed by atoms with Crippen molar-refractivity contribution >= 4 is 55.5 Å². The molecule has 0 saturated heterocycles. The van der Waals surface area contributed by atoms with Gasteiger partial charge in [0.15, 0.2) is 0 Å². The number of hydrogen-bond acceptors (Lipinski definition) is 3. The van der Waals surface area contributed by atoms with Crippen molar-refractivity contribution in [1.82, 2.24) is 0 Å². The molecule has 1 aliphatic heterocycles. The molecule has 0 N–H and O–H groups in total. The van der Waals surface area contributed by atoms with Crippen LogP contribution in [0.1, 0.15) is 15.9 Å². The molecule has 106 valence electrons. The van der Waals surface area contributed by atoms with Gasteiger partial charge in [-0.3, -0.25) is 4.79 Å². The maximum atomic E-state index is 12.4. The summed E-state index contributed by atoms with van der Waals surface area (Å²) in [5, 5.41) is 0. The van der Waals surface area contributed by atoms with E-state index in [1.165, 1.54) is 11.8 Å². The first-order valence-corrected chi connectivity index (χ1v) is 8.56. The van der Waals surface area contributed by atoms with Crippen LogP contribution in [0, 0.1) is 0 Å². The maximum absolute atomic E-state index is 12.4. The molecule has 3 rings (SSSR count). The quantitative estimate of drug-likeness (QED) is 0.590. The number of carbonyl (C=O) groups excluding carboxylic acids is 1. The van der Waals surface area contributed by atoms with Gasteiger partial charge in [0.1, 0.15) is 5.75 Å². The molecule has 1 aliphatic rings. The van der Waals surface area contributed by atoms with Gasteiger partial charge in [-0.25, -0.2) is 0 Å². The zero-order valence-electron chi connectivity index (χ0n) is 11.0. The van der Waals surface area contributed by atoms with E-state index in [9.17, 15) is 4.79 Å². The Morgan fingerprint density at radius 3 is 2.67 bits per heavy atom. The minimum atomic E-state index is 0.0637. The number of rotatable bonds is 2. The standard InChI is InChI=1S/C16H10Br2O2S/c1-20-16-9(6-10(17)8-12(16)18)7-14-15(19)11-4-2-3-5-13(11)21-14/h2-8H,1H3/b14-7+. The monoisotopic (exact) mass is 424 g/mol. The molecule has 0 amide bonds. The molecular formula is C16H10Br2O2S. The predicted molar refractivity (Wildman–Crippen MR) is 93.0 cm³/mol. The molecule has 21 heavy (non-hydrogen) atoms. The first-order valence-electron chi connectivity index (χ1n) is 6.16. The van der Waals surface area contributed by atoms with Gasteiger partial charge >= 0.3 is 0 Å². The first kappa shape index (κ1) is 14.9. The average Bonchev–Trinajstić information content (AvgIpc) is 2.76. The summed E-state index contributed by atoms with van der Waals surface area (Å²) in [4.78, 5) is 14.1. The van der Waals surface area contributed by atoms with Gasteiger partial charge in [-0.1, -0.05) is 39.8 Å². The van der Waals surface area contributed by atoms with Crippen LogP contribution in [-0.2, 0) is 0 Å². The number of allylic oxidation sites excluding steroid dienone is 1. The minimum absolute atomic E-state index is 0.0637. The molecule has 0 aliphatic carbocycles. The Morgan fingerprint density at radius 2 is 1.95 bits per heavy atom. The number of methoxy groups -OCH3 is 1. The lowest BCUT2D eigenvalue weighted by atomic mass is 10.1. The Bertz CT molecular complexity index is 769. The summed E-state index contributed by atoms with van der Waals surface area (Å²) >= 11 is 8.43. The molecule has 0 saturated carbocycles. The van der Waals surface area contributed by atoms with Crippen molar-refractivity contribution in [3.05, 3.63) is 61.4 Å².